The molecule has 2 heterocycles. The van der Waals surface area contributed by atoms with Crippen LogP contribution in [0.25, 0.3) is 10.8 Å². The monoisotopic (exact) mass is 391 g/mol. The Bertz CT molecular complexity index is 1020. The summed E-state index contributed by atoms with van der Waals surface area (Å²) in [5.74, 6) is 1.69. The predicted octanol–water partition coefficient (Wildman–Crippen LogP) is 3.88. The van der Waals surface area contributed by atoms with E-state index in [1.54, 1.807) is 36.6 Å². The third-order valence-corrected chi connectivity index (χ3v) is 6.23. The summed E-state index contributed by atoms with van der Waals surface area (Å²) >= 11 is 1.34. The first-order valence-electron chi connectivity index (χ1n) is 8.24. The van der Waals surface area contributed by atoms with Crippen molar-refractivity contribution in [3.8, 4) is 16.5 Å². The fourth-order valence-electron chi connectivity index (χ4n) is 2.54. The van der Waals surface area contributed by atoms with E-state index in [1.807, 2.05) is 0 Å². The van der Waals surface area contributed by atoms with E-state index in [1.165, 1.54) is 17.4 Å². The van der Waals surface area contributed by atoms with Crippen molar-refractivity contribution >= 4 is 27.0 Å². The van der Waals surface area contributed by atoms with Crippen molar-refractivity contribution in [2.45, 2.75) is 30.6 Å². The lowest BCUT2D eigenvalue weighted by Crippen LogP contribution is -2.14. The van der Waals surface area contributed by atoms with Gasteiger partial charge in [0.1, 0.15) is 15.5 Å². The third-order valence-electron chi connectivity index (χ3n) is 3.93. The molecule has 9 heteroatoms. The zero-order chi connectivity index (χ0) is 18.1. The SMILES string of the molecule is CCOc1ccccc1S(=O)(=O)Nc1ccsc1-c1nc(C2CC2)no1. The van der Waals surface area contributed by atoms with Crippen LogP contribution in [0.15, 0.2) is 45.1 Å². The van der Waals surface area contributed by atoms with Crippen LogP contribution in [0, 0.1) is 0 Å². The van der Waals surface area contributed by atoms with Gasteiger partial charge in [-0.3, -0.25) is 4.72 Å². The molecule has 0 aliphatic heterocycles. The molecule has 7 nitrogen and oxygen atoms in total. The molecule has 1 saturated carbocycles. The largest absolute Gasteiger partial charge is 0.492 e. The zero-order valence-electron chi connectivity index (χ0n) is 14.0. The van der Waals surface area contributed by atoms with Gasteiger partial charge in [0.2, 0.25) is 0 Å². The van der Waals surface area contributed by atoms with Crippen LogP contribution in [-0.2, 0) is 10.0 Å². The molecular weight excluding hydrogens is 374 g/mol. The molecule has 0 unspecified atom stereocenters. The molecule has 1 aliphatic rings. The van der Waals surface area contributed by atoms with E-state index < -0.39 is 10.0 Å². The highest BCUT2D eigenvalue weighted by molar-refractivity contribution is 7.92. The summed E-state index contributed by atoms with van der Waals surface area (Å²) in [4.78, 5) is 5.08. The number of thiophene rings is 1. The van der Waals surface area contributed by atoms with Gasteiger partial charge in [-0.2, -0.15) is 4.98 Å². The molecule has 0 atom stereocenters. The molecule has 1 fully saturated rings. The maximum Gasteiger partial charge on any atom is 0.270 e. The first-order chi connectivity index (χ1) is 12.6. The number of nitrogens with zero attached hydrogens (tertiary/aromatic N) is 2. The van der Waals surface area contributed by atoms with Gasteiger partial charge in [-0.25, -0.2) is 8.42 Å². The van der Waals surface area contributed by atoms with E-state index in [4.69, 9.17) is 9.26 Å². The van der Waals surface area contributed by atoms with E-state index in [0.29, 0.717) is 40.6 Å². The number of rotatable bonds is 7. The zero-order valence-corrected chi connectivity index (χ0v) is 15.6. The van der Waals surface area contributed by atoms with Crippen molar-refractivity contribution in [1.82, 2.24) is 10.1 Å². The molecule has 2 aromatic heterocycles. The normalized spacial score (nSPS) is 14.3. The van der Waals surface area contributed by atoms with Crippen molar-refractivity contribution < 1.29 is 17.7 Å². The smallest absolute Gasteiger partial charge is 0.270 e. The molecule has 0 amide bonds. The highest BCUT2D eigenvalue weighted by Gasteiger charge is 2.30. The molecule has 3 aromatic rings. The van der Waals surface area contributed by atoms with Crippen LogP contribution in [0.1, 0.15) is 31.5 Å². The van der Waals surface area contributed by atoms with E-state index in [0.717, 1.165) is 12.8 Å². The van der Waals surface area contributed by atoms with Crippen molar-refractivity contribution in [3.63, 3.8) is 0 Å². The average Bonchev–Trinajstić information content (AvgIpc) is 3.18. The lowest BCUT2D eigenvalue weighted by molar-refractivity contribution is 0.331. The number of ether oxygens (including phenoxy) is 1. The highest BCUT2D eigenvalue weighted by Crippen LogP contribution is 2.40. The Labute approximate surface area is 155 Å². The molecule has 1 aliphatic carbocycles. The van der Waals surface area contributed by atoms with Crippen molar-refractivity contribution in [2.75, 3.05) is 11.3 Å². The fourth-order valence-corrected chi connectivity index (χ4v) is 4.59. The molecule has 4 rings (SSSR count). The standard InChI is InChI=1S/C17H17N3O4S2/c1-2-23-13-5-3-4-6-14(13)26(21,22)20-12-9-10-25-15(12)17-18-16(19-24-17)11-7-8-11/h3-6,9-11,20H,2,7-8H2,1H3. The van der Waals surface area contributed by atoms with Gasteiger partial charge >= 0.3 is 0 Å². The number of hydrogen-bond donors (Lipinski definition) is 1. The average molecular weight is 391 g/mol. The van der Waals surface area contributed by atoms with E-state index in [2.05, 4.69) is 14.9 Å². The predicted molar refractivity (Wildman–Crippen MR) is 98.0 cm³/mol. The topological polar surface area (TPSA) is 94.3 Å². The van der Waals surface area contributed by atoms with Gasteiger partial charge in [-0.15, -0.1) is 11.3 Å². The first-order valence-corrected chi connectivity index (χ1v) is 10.6. The molecule has 26 heavy (non-hydrogen) atoms. The third kappa shape index (κ3) is 3.32. The number of para-hydroxylation sites is 1. The number of nitrogens with one attached hydrogen (secondary N) is 1. The van der Waals surface area contributed by atoms with Gasteiger partial charge in [0.25, 0.3) is 15.9 Å². The summed E-state index contributed by atoms with van der Waals surface area (Å²) in [6.45, 7) is 2.18. The Balaban J connectivity index is 1.64. The molecule has 0 spiro atoms. The van der Waals surface area contributed by atoms with Crippen LogP contribution >= 0.6 is 11.3 Å². The van der Waals surface area contributed by atoms with Gasteiger partial charge in [-0.05, 0) is 43.3 Å². The van der Waals surface area contributed by atoms with Crippen molar-refractivity contribution in [1.29, 1.82) is 0 Å². The number of aromatic nitrogens is 2. The minimum absolute atomic E-state index is 0.0863. The van der Waals surface area contributed by atoms with Gasteiger partial charge in [-0.1, -0.05) is 17.3 Å². The minimum atomic E-state index is -3.82. The number of sulfonamides is 1. The van der Waals surface area contributed by atoms with Crippen LogP contribution in [0.4, 0.5) is 5.69 Å². The molecule has 1 N–H and O–H groups in total. The Morgan fingerprint density at radius 1 is 1.31 bits per heavy atom. The Kier molecular flexibility index (Phi) is 4.41. The second kappa shape index (κ2) is 6.73. The Morgan fingerprint density at radius 3 is 2.88 bits per heavy atom. The summed E-state index contributed by atoms with van der Waals surface area (Å²) in [7, 11) is -3.82. The Morgan fingerprint density at radius 2 is 2.12 bits per heavy atom. The number of hydrogen-bond acceptors (Lipinski definition) is 7. The van der Waals surface area contributed by atoms with Gasteiger partial charge in [0.15, 0.2) is 5.82 Å². The second-order valence-corrected chi connectivity index (χ2v) is 8.45. The summed E-state index contributed by atoms with van der Waals surface area (Å²) in [5, 5.41) is 5.77. The molecule has 136 valence electrons. The van der Waals surface area contributed by atoms with Gasteiger partial charge in [0.05, 0.1) is 12.3 Å². The van der Waals surface area contributed by atoms with E-state index in [-0.39, 0.29) is 4.90 Å². The maximum atomic E-state index is 12.8. The van der Waals surface area contributed by atoms with Crippen molar-refractivity contribution in [2.24, 2.45) is 0 Å². The minimum Gasteiger partial charge on any atom is -0.492 e. The van der Waals surface area contributed by atoms with Crippen LogP contribution in [0.2, 0.25) is 0 Å². The highest BCUT2D eigenvalue weighted by atomic mass is 32.2. The van der Waals surface area contributed by atoms with Crippen molar-refractivity contribution in [3.05, 3.63) is 41.5 Å². The van der Waals surface area contributed by atoms with Crippen LogP contribution in [-0.4, -0.2) is 25.2 Å². The number of benzene rings is 1. The molecule has 1 aromatic carbocycles. The maximum absolute atomic E-state index is 12.8. The second-order valence-electron chi connectivity index (χ2n) is 5.88. The molecular formula is C17H17N3O4S2. The lowest BCUT2D eigenvalue weighted by Gasteiger charge is -2.12. The van der Waals surface area contributed by atoms with Gasteiger partial charge in [0, 0.05) is 5.92 Å². The summed E-state index contributed by atoms with van der Waals surface area (Å²) < 4.78 is 39.1. The van der Waals surface area contributed by atoms with Gasteiger partial charge < -0.3 is 9.26 Å². The molecule has 0 radical (unpaired) electrons. The summed E-state index contributed by atoms with van der Waals surface area (Å²) in [6, 6.07) is 8.22. The summed E-state index contributed by atoms with van der Waals surface area (Å²) in [5.41, 5.74) is 0.410. The van der Waals surface area contributed by atoms with Crippen LogP contribution in [0.5, 0.6) is 5.75 Å². The number of anilines is 1. The fraction of sp³-hybridized carbons (Fsp3) is 0.294. The Hall–Kier alpha value is -2.39. The van der Waals surface area contributed by atoms with Crippen LogP contribution < -0.4 is 9.46 Å². The summed E-state index contributed by atoms with van der Waals surface area (Å²) in [6.07, 6.45) is 2.13. The van der Waals surface area contributed by atoms with E-state index in [9.17, 15) is 8.42 Å². The first kappa shape index (κ1) is 17.0. The van der Waals surface area contributed by atoms with Crippen LogP contribution in [0.3, 0.4) is 0 Å². The van der Waals surface area contributed by atoms with E-state index >= 15 is 0 Å². The molecule has 0 bridgehead atoms. The quantitative estimate of drug-likeness (QED) is 0.657. The lowest BCUT2D eigenvalue weighted by atomic mass is 10.3. The molecule has 0 saturated heterocycles.